The second kappa shape index (κ2) is 6.39. The molecular weight excluding hydrogens is 295 g/mol. The predicted octanol–water partition coefficient (Wildman–Crippen LogP) is 1.03. The van der Waals surface area contributed by atoms with E-state index < -0.39 is 15.8 Å². The van der Waals surface area contributed by atoms with Crippen molar-refractivity contribution >= 4 is 10.0 Å². The van der Waals surface area contributed by atoms with Gasteiger partial charge in [-0.1, -0.05) is 6.07 Å². The van der Waals surface area contributed by atoms with Gasteiger partial charge < -0.3 is 10.0 Å². The minimum atomic E-state index is -3.85. The van der Waals surface area contributed by atoms with Crippen LogP contribution >= 0.6 is 0 Å². The van der Waals surface area contributed by atoms with E-state index in [1.807, 2.05) is 7.05 Å². The van der Waals surface area contributed by atoms with Crippen LogP contribution in [-0.4, -0.2) is 56.0 Å². The lowest BCUT2D eigenvalue weighted by Gasteiger charge is -2.34. The molecule has 1 aliphatic heterocycles. The molecule has 0 aromatic heterocycles. The average molecular weight is 316 g/mol. The van der Waals surface area contributed by atoms with Crippen LogP contribution in [-0.2, 0) is 16.6 Å². The summed E-state index contributed by atoms with van der Waals surface area (Å²) in [5, 5.41) is 8.96. The van der Waals surface area contributed by atoms with Gasteiger partial charge >= 0.3 is 0 Å². The zero-order valence-corrected chi connectivity index (χ0v) is 13.1. The Hall–Kier alpha value is -1.02. The maximum Gasteiger partial charge on any atom is 0.245 e. The maximum absolute atomic E-state index is 14.0. The number of halogens is 1. The van der Waals surface area contributed by atoms with Crippen molar-refractivity contribution in [2.75, 3.05) is 27.2 Å². The van der Waals surface area contributed by atoms with Crippen LogP contribution in [0.4, 0.5) is 4.39 Å². The third-order valence-corrected chi connectivity index (χ3v) is 5.98. The quantitative estimate of drug-likeness (QED) is 0.901. The molecule has 5 nitrogen and oxygen atoms in total. The molecule has 1 aliphatic rings. The van der Waals surface area contributed by atoms with Crippen molar-refractivity contribution in [1.29, 1.82) is 0 Å². The molecule has 0 unspecified atom stereocenters. The van der Waals surface area contributed by atoms with Gasteiger partial charge in [-0.05, 0) is 50.7 Å². The highest BCUT2D eigenvalue weighted by Gasteiger charge is 2.31. The van der Waals surface area contributed by atoms with E-state index in [9.17, 15) is 12.8 Å². The second-order valence-corrected chi connectivity index (χ2v) is 7.44. The molecular formula is C14H21FN2O3S. The standard InChI is InChI=1S/C14H21FN2O3S/c1-16-7-5-12(6-8-16)17(2)21(19,20)14-4-3-11(10-18)9-13(14)15/h3-4,9,12,18H,5-8,10H2,1-2H3. The summed E-state index contributed by atoms with van der Waals surface area (Å²) in [7, 11) is -0.351. The zero-order chi connectivity index (χ0) is 15.6. The molecule has 0 aliphatic carbocycles. The van der Waals surface area contributed by atoms with Gasteiger partial charge in [0, 0.05) is 13.1 Å². The van der Waals surface area contributed by atoms with Crippen molar-refractivity contribution < 1.29 is 17.9 Å². The van der Waals surface area contributed by atoms with Gasteiger partial charge in [0.1, 0.15) is 10.7 Å². The Bertz CT molecular complexity index is 598. The monoisotopic (exact) mass is 316 g/mol. The van der Waals surface area contributed by atoms with Crippen LogP contribution < -0.4 is 0 Å². The largest absolute Gasteiger partial charge is 0.392 e. The SMILES string of the molecule is CN1CCC(N(C)S(=O)(=O)c2ccc(CO)cc2F)CC1. The van der Waals surface area contributed by atoms with Gasteiger partial charge in [0.2, 0.25) is 10.0 Å². The molecule has 1 aromatic carbocycles. The van der Waals surface area contributed by atoms with Crippen LogP contribution in [0.5, 0.6) is 0 Å². The topological polar surface area (TPSA) is 60.9 Å². The van der Waals surface area contributed by atoms with Crippen molar-refractivity contribution in [3.63, 3.8) is 0 Å². The molecule has 2 rings (SSSR count). The highest BCUT2D eigenvalue weighted by atomic mass is 32.2. The molecule has 1 fully saturated rings. The number of hydrogen-bond donors (Lipinski definition) is 1. The summed E-state index contributed by atoms with van der Waals surface area (Å²) in [6.45, 7) is 1.34. The number of hydrogen-bond acceptors (Lipinski definition) is 4. The second-order valence-electron chi connectivity index (χ2n) is 5.48. The summed E-state index contributed by atoms with van der Waals surface area (Å²) in [4.78, 5) is 1.81. The maximum atomic E-state index is 14.0. The minimum Gasteiger partial charge on any atom is -0.392 e. The van der Waals surface area contributed by atoms with E-state index in [-0.39, 0.29) is 17.5 Å². The molecule has 1 saturated heterocycles. The van der Waals surface area contributed by atoms with Crippen LogP contribution in [0.3, 0.4) is 0 Å². The Labute approximate surface area is 125 Å². The van der Waals surface area contributed by atoms with E-state index in [1.54, 1.807) is 0 Å². The Morgan fingerprint density at radius 1 is 1.38 bits per heavy atom. The summed E-state index contributed by atoms with van der Waals surface area (Å²) in [6.07, 6.45) is 1.48. The Kier molecular flexibility index (Phi) is 4.98. The third-order valence-electron chi connectivity index (χ3n) is 4.04. The summed E-state index contributed by atoms with van der Waals surface area (Å²) in [5.74, 6) is -0.818. The van der Waals surface area contributed by atoms with E-state index >= 15 is 0 Å². The van der Waals surface area contributed by atoms with Gasteiger partial charge in [-0.25, -0.2) is 12.8 Å². The van der Waals surface area contributed by atoms with Crippen LogP contribution in [0.25, 0.3) is 0 Å². The first-order valence-corrected chi connectivity index (χ1v) is 8.36. The summed E-state index contributed by atoms with van der Waals surface area (Å²) in [5.41, 5.74) is 0.355. The number of piperidine rings is 1. The minimum absolute atomic E-state index is 0.108. The average Bonchev–Trinajstić information content (AvgIpc) is 2.46. The van der Waals surface area contributed by atoms with E-state index in [0.29, 0.717) is 5.56 Å². The fraction of sp³-hybridized carbons (Fsp3) is 0.571. The van der Waals surface area contributed by atoms with E-state index in [4.69, 9.17) is 5.11 Å². The van der Waals surface area contributed by atoms with Gasteiger partial charge in [-0.15, -0.1) is 0 Å². The molecule has 0 amide bonds. The van der Waals surface area contributed by atoms with Gasteiger partial charge in [-0.2, -0.15) is 4.31 Å². The van der Waals surface area contributed by atoms with E-state index in [0.717, 1.165) is 32.0 Å². The van der Waals surface area contributed by atoms with Crippen LogP contribution in [0.2, 0.25) is 0 Å². The molecule has 7 heteroatoms. The first-order chi connectivity index (χ1) is 9.86. The van der Waals surface area contributed by atoms with Gasteiger partial charge in [0.25, 0.3) is 0 Å². The number of aliphatic hydroxyl groups excluding tert-OH is 1. The van der Waals surface area contributed by atoms with Gasteiger partial charge in [-0.3, -0.25) is 0 Å². The highest BCUT2D eigenvalue weighted by Crippen LogP contribution is 2.24. The van der Waals surface area contributed by atoms with Crippen LogP contribution in [0.15, 0.2) is 23.1 Å². The third kappa shape index (κ3) is 3.42. The Morgan fingerprint density at radius 3 is 2.52 bits per heavy atom. The fourth-order valence-corrected chi connectivity index (χ4v) is 4.02. The molecule has 118 valence electrons. The van der Waals surface area contributed by atoms with E-state index in [2.05, 4.69) is 4.90 Å². The first kappa shape index (κ1) is 16.4. The fourth-order valence-electron chi connectivity index (χ4n) is 2.56. The molecule has 1 heterocycles. The summed E-state index contributed by atoms with van der Waals surface area (Å²) < 4.78 is 40.4. The first-order valence-electron chi connectivity index (χ1n) is 6.92. The van der Waals surface area contributed by atoms with Gasteiger partial charge in [0.05, 0.1) is 6.61 Å². The Morgan fingerprint density at radius 2 is 2.00 bits per heavy atom. The predicted molar refractivity (Wildman–Crippen MR) is 77.8 cm³/mol. The van der Waals surface area contributed by atoms with Crippen molar-refractivity contribution in [1.82, 2.24) is 9.21 Å². The zero-order valence-electron chi connectivity index (χ0n) is 12.3. The number of aliphatic hydroxyl groups is 1. The lowest BCUT2D eigenvalue weighted by atomic mass is 10.1. The molecule has 1 N–H and O–H groups in total. The normalized spacial score (nSPS) is 18.3. The molecule has 0 bridgehead atoms. The molecule has 21 heavy (non-hydrogen) atoms. The van der Waals surface area contributed by atoms with Crippen molar-refractivity contribution in [2.24, 2.45) is 0 Å². The lowest BCUT2D eigenvalue weighted by molar-refractivity contribution is 0.197. The molecule has 0 radical (unpaired) electrons. The van der Waals surface area contributed by atoms with Gasteiger partial charge in [0.15, 0.2) is 0 Å². The van der Waals surface area contributed by atoms with Crippen molar-refractivity contribution in [3.8, 4) is 0 Å². The van der Waals surface area contributed by atoms with E-state index in [1.165, 1.54) is 23.5 Å². The van der Waals surface area contributed by atoms with Crippen LogP contribution in [0, 0.1) is 5.82 Å². The van der Waals surface area contributed by atoms with Crippen molar-refractivity contribution in [3.05, 3.63) is 29.6 Å². The number of benzene rings is 1. The molecule has 1 aromatic rings. The molecule has 0 atom stereocenters. The lowest BCUT2D eigenvalue weighted by Crippen LogP contribution is -2.44. The van der Waals surface area contributed by atoms with Crippen molar-refractivity contribution in [2.45, 2.75) is 30.4 Å². The number of nitrogens with zero attached hydrogens (tertiary/aromatic N) is 2. The number of sulfonamides is 1. The smallest absolute Gasteiger partial charge is 0.245 e. The summed E-state index contributed by atoms with van der Waals surface area (Å²) >= 11 is 0. The van der Waals surface area contributed by atoms with Crippen LogP contribution in [0.1, 0.15) is 18.4 Å². The summed E-state index contributed by atoms with van der Waals surface area (Å²) in [6, 6.07) is 3.61. The molecule has 0 spiro atoms. The molecule has 0 saturated carbocycles. The Balaban J connectivity index is 2.25. The highest BCUT2D eigenvalue weighted by molar-refractivity contribution is 7.89. The number of rotatable bonds is 4. The number of likely N-dealkylation sites (tertiary alicyclic amines) is 1.